The van der Waals surface area contributed by atoms with Gasteiger partial charge in [-0.1, -0.05) is 12.2 Å². The Morgan fingerprint density at radius 3 is 2.78 bits per heavy atom. The van der Waals surface area contributed by atoms with Crippen molar-refractivity contribution in [3.05, 3.63) is 12.4 Å². The molecule has 1 aromatic rings. The molecule has 0 bridgehead atoms. The molecule has 0 unspecified atom stereocenters. The number of thiocarbonyl (C=S) groups is 1. The average molecular weight is 288 g/mol. The molecule has 0 aliphatic heterocycles. The summed E-state index contributed by atoms with van der Waals surface area (Å²) in [6, 6.07) is 0.0876. The maximum atomic E-state index is 12.4. The fourth-order valence-electron chi connectivity index (χ4n) is 1.75. The first-order chi connectivity index (χ1) is 8.41. The van der Waals surface area contributed by atoms with Gasteiger partial charge < -0.3 is 5.73 Å². The zero-order valence-electron chi connectivity index (χ0n) is 10.1. The molecule has 1 saturated carbocycles. The number of nitrogens with two attached hydrogens (primary N) is 1. The lowest BCUT2D eigenvalue weighted by molar-refractivity contribution is 0.413. The van der Waals surface area contributed by atoms with Gasteiger partial charge in [-0.05, 0) is 12.8 Å². The van der Waals surface area contributed by atoms with Crippen LogP contribution in [0, 0.1) is 0 Å². The Morgan fingerprint density at radius 1 is 1.67 bits per heavy atom. The molecule has 1 aromatic heterocycles. The zero-order valence-corrected chi connectivity index (χ0v) is 11.7. The smallest absolute Gasteiger partial charge is 0.246 e. The molecule has 1 aliphatic rings. The van der Waals surface area contributed by atoms with Crippen LogP contribution in [-0.2, 0) is 17.1 Å². The standard InChI is InChI=1S/C10H16N4O2S2/c1-13-7-9(6-12-13)18(15,16)14(8-2-3-8)5-4-10(11)17/h6-8H,2-5H2,1H3,(H2,11,17). The second-order valence-corrected chi connectivity index (χ2v) is 6.83. The van der Waals surface area contributed by atoms with Gasteiger partial charge in [0.2, 0.25) is 10.0 Å². The largest absolute Gasteiger partial charge is 0.393 e. The number of hydrogen-bond donors (Lipinski definition) is 1. The van der Waals surface area contributed by atoms with Crippen LogP contribution in [-0.4, -0.2) is 40.1 Å². The Morgan fingerprint density at radius 2 is 2.33 bits per heavy atom. The van der Waals surface area contributed by atoms with E-state index in [1.54, 1.807) is 7.05 Å². The van der Waals surface area contributed by atoms with Crippen molar-refractivity contribution in [3.8, 4) is 0 Å². The van der Waals surface area contributed by atoms with Crippen molar-refractivity contribution in [2.24, 2.45) is 12.8 Å². The first-order valence-corrected chi connectivity index (χ1v) is 7.55. The van der Waals surface area contributed by atoms with E-state index in [1.807, 2.05) is 0 Å². The fourth-order valence-corrected chi connectivity index (χ4v) is 3.51. The van der Waals surface area contributed by atoms with Crippen molar-refractivity contribution in [1.82, 2.24) is 14.1 Å². The Kier molecular flexibility index (Phi) is 3.69. The summed E-state index contributed by atoms with van der Waals surface area (Å²) in [6.07, 6.45) is 5.08. The van der Waals surface area contributed by atoms with E-state index in [1.165, 1.54) is 21.4 Å². The third-order valence-corrected chi connectivity index (χ3v) is 4.93. The van der Waals surface area contributed by atoms with Gasteiger partial charge >= 0.3 is 0 Å². The molecule has 0 atom stereocenters. The molecule has 1 aliphatic carbocycles. The highest BCUT2D eigenvalue weighted by atomic mass is 32.2. The maximum Gasteiger partial charge on any atom is 0.246 e. The SMILES string of the molecule is Cn1cc(S(=O)(=O)N(CCC(N)=S)C2CC2)cn1. The molecular weight excluding hydrogens is 272 g/mol. The van der Waals surface area contributed by atoms with Crippen molar-refractivity contribution in [2.75, 3.05) is 6.54 Å². The molecule has 2 rings (SSSR count). The topological polar surface area (TPSA) is 81.2 Å². The van der Waals surface area contributed by atoms with Crippen LogP contribution in [0.1, 0.15) is 19.3 Å². The summed E-state index contributed by atoms with van der Waals surface area (Å²) >= 11 is 4.80. The second-order valence-electron chi connectivity index (χ2n) is 4.41. The Labute approximate surface area is 112 Å². The van der Waals surface area contributed by atoms with Crippen LogP contribution in [0.2, 0.25) is 0 Å². The summed E-state index contributed by atoms with van der Waals surface area (Å²) in [5.41, 5.74) is 5.44. The first-order valence-electron chi connectivity index (χ1n) is 5.70. The van der Waals surface area contributed by atoms with Gasteiger partial charge in [-0.15, -0.1) is 0 Å². The van der Waals surface area contributed by atoms with E-state index in [-0.39, 0.29) is 10.9 Å². The molecule has 0 saturated heterocycles. The highest BCUT2D eigenvalue weighted by Gasteiger charge is 2.38. The summed E-state index contributed by atoms with van der Waals surface area (Å²) in [7, 11) is -1.79. The normalized spacial score (nSPS) is 16.1. The molecule has 1 heterocycles. The van der Waals surface area contributed by atoms with E-state index in [0.717, 1.165) is 12.8 Å². The number of sulfonamides is 1. The van der Waals surface area contributed by atoms with Crippen LogP contribution < -0.4 is 5.73 Å². The molecule has 18 heavy (non-hydrogen) atoms. The van der Waals surface area contributed by atoms with Gasteiger partial charge in [0, 0.05) is 32.3 Å². The van der Waals surface area contributed by atoms with Crippen molar-refractivity contribution in [2.45, 2.75) is 30.2 Å². The summed E-state index contributed by atoms with van der Waals surface area (Å²) in [4.78, 5) is 0.557. The maximum absolute atomic E-state index is 12.4. The van der Waals surface area contributed by atoms with Crippen molar-refractivity contribution in [3.63, 3.8) is 0 Å². The molecule has 8 heteroatoms. The third kappa shape index (κ3) is 2.88. The molecule has 1 fully saturated rings. The van der Waals surface area contributed by atoms with Gasteiger partial charge in [-0.2, -0.15) is 9.40 Å². The van der Waals surface area contributed by atoms with Crippen LogP contribution in [0.5, 0.6) is 0 Å². The predicted octanol–water partition coefficient (Wildman–Crippen LogP) is 0.249. The molecule has 2 N–H and O–H groups in total. The highest BCUT2D eigenvalue weighted by Crippen LogP contribution is 2.31. The van der Waals surface area contributed by atoms with Gasteiger partial charge in [-0.25, -0.2) is 8.42 Å². The molecular formula is C10H16N4O2S2. The predicted molar refractivity (Wildman–Crippen MR) is 71.5 cm³/mol. The van der Waals surface area contributed by atoms with Crippen LogP contribution in [0.3, 0.4) is 0 Å². The Hall–Kier alpha value is -0.990. The monoisotopic (exact) mass is 288 g/mol. The van der Waals surface area contributed by atoms with Gasteiger partial charge in [-0.3, -0.25) is 4.68 Å². The van der Waals surface area contributed by atoms with E-state index in [0.29, 0.717) is 18.0 Å². The number of nitrogens with zero attached hydrogens (tertiary/aromatic N) is 3. The Balaban J connectivity index is 2.21. The van der Waals surface area contributed by atoms with Crippen LogP contribution in [0.15, 0.2) is 17.3 Å². The van der Waals surface area contributed by atoms with E-state index < -0.39 is 10.0 Å². The van der Waals surface area contributed by atoms with Gasteiger partial charge in [0.1, 0.15) is 4.90 Å². The minimum absolute atomic E-state index is 0.0876. The Bertz CT molecular complexity index is 548. The van der Waals surface area contributed by atoms with E-state index in [2.05, 4.69) is 5.10 Å². The van der Waals surface area contributed by atoms with Crippen LogP contribution in [0.4, 0.5) is 0 Å². The minimum Gasteiger partial charge on any atom is -0.393 e. The molecule has 6 nitrogen and oxygen atoms in total. The van der Waals surface area contributed by atoms with E-state index >= 15 is 0 Å². The number of aromatic nitrogens is 2. The fraction of sp³-hybridized carbons (Fsp3) is 0.600. The van der Waals surface area contributed by atoms with Crippen LogP contribution >= 0.6 is 12.2 Å². The number of hydrogen-bond acceptors (Lipinski definition) is 4. The summed E-state index contributed by atoms with van der Waals surface area (Å²) < 4.78 is 27.8. The quantitative estimate of drug-likeness (QED) is 0.759. The lowest BCUT2D eigenvalue weighted by Gasteiger charge is -2.20. The van der Waals surface area contributed by atoms with Crippen molar-refractivity contribution < 1.29 is 8.42 Å². The van der Waals surface area contributed by atoms with Gasteiger partial charge in [0.25, 0.3) is 0 Å². The van der Waals surface area contributed by atoms with Gasteiger partial charge in [0.15, 0.2) is 0 Å². The van der Waals surface area contributed by atoms with Gasteiger partial charge in [0.05, 0.1) is 11.2 Å². The molecule has 0 spiro atoms. The average Bonchev–Trinajstić information content (AvgIpc) is 2.99. The summed E-state index contributed by atoms with van der Waals surface area (Å²) in [6.45, 7) is 0.344. The second kappa shape index (κ2) is 4.94. The van der Waals surface area contributed by atoms with Crippen molar-refractivity contribution >= 4 is 27.2 Å². The molecule has 0 amide bonds. The molecule has 0 radical (unpaired) electrons. The number of rotatable bonds is 6. The van der Waals surface area contributed by atoms with Crippen LogP contribution in [0.25, 0.3) is 0 Å². The lowest BCUT2D eigenvalue weighted by atomic mass is 10.4. The molecule has 0 aromatic carbocycles. The summed E-state index contributed by atoms with van der Waals surface area (Å²) in [5, 5.41) is 3.90. The molecule has 100 valence electrons. The first kappa shape index (κ1) is 13.4. The third-order valence-electron chi connectivity index (χ3n) is 2.82. The highest BCUT2D eigenvalue weighted by molar-refractivity contribution is 7.89. The zero-order chi connectivity index (χ0) is 13.3. The van der Waals surface area contributed by atoms with Crippen molar-refractivity contribution in [1.29, 1.82) is 0 Å². The lowest BCUT2D eigenvalue weighted by Crippen LogP contribution is -2.35. The van der Waals surface area contributed by atoms with E-state index in [4.69, 9.17) is 18.0 Å². The summed E-state index contributed by atoms with van der Waals surface area (Å²) in [5.74, 6) is 0. The number of aryl methyl sites for hydroxylation is 1. The minimum atomic E-state index is -3.48. The van der Waals surface area contributed by atoms with E-state index in [9.17, 15) is 8.42 Å².